The molecule has 2 aliphatic heterocycles. The highest BCUT2D eigenvalue weighted by Crippen LogP contribution is 2.25. The Bertz CT molecular complexity index is 715. The normalized spacial score (nSPS) is 22.1. The molecule has 29 heavy (non-hydrogen) atoms. The number of piperidine rings is 1. The fraction of sp³-hybridized carbons (Fsp3) is 0.520. The summed E-state index contributed by atoms with van der Waals surface area (Å²) >= 11 is 0. The zero-order valence-electron chi connectivity index (χ0n) is 17.5. The minimum absolute atomic E-state index is 0.285. The largest absolute Gasteiger partial charge is 0.396 e. The zero-order chi connectivity index (χ0) is 19.9. The van der Waals surface area contributed by atoms with E-state index in [0.29, 0.717) is 12.1 Å². The average Bonchev–Trinajstić information content (AvgIpc) is 2.80. The van der Waals surface area contributed by atoms with Gasteiger partial charge < -0.3 is 10.0 Å². The number of para-hydroxylation sites is 1. The van der Waals surface area contributed by atoms with Crippen molar-refractivity contribution in [1.82, 2.24) is 9.80 Å². The second kappa shape index (κ2) is 10.2. The van der Waals surface area contributed by atoms with Crippen LogP contribution in [0.2, 0.25) is 0 Å². The van der Waals surface area contributed by atoms with Gasteiger partial charge in [0.2, 0.25) is 0 Å². The van der Waals surface area contributed by atoms with Crippen molar-refractivity contribution in [2.45, 2.75) is 37.8 Å². The summed E-state index contributed by atoms with van der Waals surface area (Å²) in [6.07, 6.45) is 4.46. The molecule has 1 unspecified atom stereocenters. The lowest BCUT2D eigenvalue weighted by Gasteiger charge is -2.47. The van der Waals surface area contributed by atoms with E-state index in [1.54, 1.807) is 0 Å². The maximum Gasteiger partial charge on any atom is 0.0446 e. The van der Waals surface area contributed by atoms with Gasteiger partial charge in [0.25, 0.3) is 0 Å². The third-order valence-corrected chi connectivity index (χ3v) is 6.73. The van der Waals surface area contributed by atoms with Gasteiger partial charge in [-0.3, -0.25) is 9.80 Å². The van der Waals surface area contributed by atoms with Crippen LogP contribution in [0.5, 0.6) is 0 Å². The molecule has 1 atom stereocenters. The van der Waals surface area contributed by atoms with E-state index in [0.717, 1.165) is 52.1 Å². The number of benzene rings is 2. The van der Waals surface area contributed by atoms with E-state index in [9.17, 15) is 5.11 Å². The second-order valence-corrected chi connectivity index (χ2v) is 8.49. The Morgan fingerprint density at radius 1 is 0.828 bits per heavy atom. The highest BCUT2D eigenvalue weighted by atomic mass is 16.3. The van der Waals surface area contributed by atoms with Crippen molar-refractivity contribution in [2.75, 3.05) is 50.8 Å². The molecule has 4 rings (SSSR count). The topological polar surface area (TPSA) is 30.0 Å². The number of nitrogens with zero attached hydrogens (tertiary/aromatic N) is 3. The fourth-order valence-corrected chi connectivity index (χ4v) is 5.01. The molecule has 0 aliphatic carbocycles. The van der Waals surface area contributed by atoms with Gasteiger partial charge in [-0.1, -0.05) is 48.5 Å². The summed E-state index contributed by atoms with van der Waals surface area (Å²) in [6.45, 7) is 7.05. The molecule has 0 amide bonds. The number of hydrogen-bond acceptors (Lipinski definition) is 4. The molecule has 2 aromatic carbocycles. The van der Waals surface area contributed by atoms with Gasteiger partial charge in [-0.05, 0) is 43.4 Å². The Morgan fingerprint density at radius 2 is 1.52 bits per heavy atom. The molecule has 0 radical (unpaired) electrons. The monoisotopic (exact) mass is 393 g/mol. The van der Waals surface area contributed by atoms with Crippen LogP contribution in [-0.2, 0) is 6.42 Å². The van der Waals surface area contributed by atoms with Crippen molar-refractivity contribution in [2.24, 2.45) is 0 Å². The van der Waals surface area contributed by atoms with E-state index in [2.05, 4.69) is 75.4 Å². The van der Waals surface area contributed by atoms with E-state index in [4.69, 9.17) is 0 Å². The fourth-order valence-electron chi connectivity index (χ4n) is 5.01. The van der Waals surface area contributed by atoms with Crippen LogP contribution in [0.25, 0.3) is 0 Å². The lowest BCUT2D eigenvalue weighted by Crippen LogP contribution is -2.58. The van der Waals surface area contributed by atoms with Crippen molar-refractivity contribution < 1.29 is 5.11 Å². The Kier molecular flexibility index (Phi) is 7.20. The predicted octanol–water partition coefficient (Wildman–Crippen LogP) is 3.27. The van der Waals surface area contributed by atoms with Crippen LogP contribution >= 0.6 is 0 Å². The molecule has 0 bridgehead atoms. The molecule has 156 valence electrons. The lowest BCUT2D eigenvalue weighted by atomic mass is 9.99. The minimum Gasteiger partial charge on any atom is -0.396 e. The van der Waals surface area contributed by atoms with Gasteiger partial charge in [0.05, 0.1) is 0 Å². The van der Waals surface area contributed by atoms with Gasteiger partial charge in [0, 0.05) is 63.6 Å². The van der Waals surface area contributed by atoms with Crippen LogP contribution in [0, 0.1) is 0 Å². The molecule has 2 heterocycles. The number of hydrogen-bond donors (Lipinski definition) is 1. The summed E-state index contributed by atoms with van der Waals surface area (Å²) in [5, 5.41) is 9.63. The van der Waals surface area contributed by atoms with E-state index >= 15 is 0 Å². The predicted molar refractivity (Wildman–Crippen MR) is 120 cm³/mol. The van der Waals surface area contributed by atoms with Crippen molar-refractivity contribution >= 4 is 5.69 Å². The van der Waals surface area contributed by atoms with Crippen molar-refractivity contribution in [3.8, 4) is 0 Å². The van der Waals surface area contributed by atoms with E-state index < -0.39 is 0 Å². The highest BCUT2D eigenvalue weighted by molar-refractivity contribution is 5.46. The van der Waals surface area contributed by atoms with Crippen molar-refractivity contribution in [1.29, 1.82) is 0 Å². The zero-order valence-corrected chi connectivity index (χ0v) is 17.5. The van der Waals surface area contributed by atoms with Gasteiger partial charge >= 0.3 is 0 Å². The molecule has 0 aromatic heterocycles. The van der Waals surface area contributed by atoms with E-state index in [1.165, 1.54) is 24.1 Å². The molecule has 2 aliphatic rings. The molecule has 2 fully saturated rings. The first-order valence-electron chi connectivity index (χ1n) is 11.3. The molecule has 0 saturated carbocycles. The first kappa shape index (κ1) is 20.4. The summed E-state index contributed by atoms with van der Waals surface area (Å²) in [5.41, 5.74) is 2.76. The Labute approximate surface area is 175 Å². The number of rotatable bonds is 7. The second-order valence-electron chi connectivity index (χ2n) is 8.49. The molecule has 4 nitrogen and oxygen atoms in total. The summed E-state index contributed by atoms with van der Waals surface area (Å²) < 4.78 is 0. The number of piperazine rings is 1. The van der Waals surface area contributed by atoms with Crippen LogP contribution in [0.4, 0.5) is 5.69 Å². The third-order valence-electron chi connectivity index (χ3n) is 6.73. The van der Waals surface area contributed by atoms with Crippen LogP contribution in [0.1, 0.15) is 24.8 Å². The first-order chi connectivity index (χ1) is 14.3. The van der Waals surface area contributed by atoms with Crippen LogP contribution in [-0.4, -0.2) is 72.9 Å². The Morgan fingerprint density at radius 3 is 2.21 bits per heavy atom. The molecule has 2 aromatic rings. The Balaban J connectivity index is 1.29. The first-order valence-corrected chi connectivity index (χ1v) is 11.3. The van der Waals surface area contributed by atoms with Crippen LogP contribution in [0.3, 0.4) is 0 Å². The van der Waals surface area contributed by atoms with Gasteiger partial charge in [-0.2, -0.15) is 0 Å². The van der Waals surface area contributed by atoms with Crippen molar-refractivity contribution in [3.05, 3.63) is 66.2 Å². The molecule has 1 N–H and O–H groups in total. The van der Waals surface area contributed by atoms with Gasteiger partial charge in [0.1, 0.15) is 0 Å². The molecule has 2 saturated heterocycles. The summed E-state index contributed by atoms with van der Waals surface area (Å²) in [5.74, 6) is 0. The maximum absolute atomic E-state index is 9.63. The Hall–Kier alpha value is -1.88. The molecular weight excluding hydrogens is 358 g/mol. The molecule has 0 spiro atoms. The SMILES string of the molecule is OCCC1CN(C2CCN(c3ccccc3)CC2)CCN1CCc1ccccc1. The maximum atomic E-state index is 9.63. The lowest BCUT2D eigenvalue weighted by molar-refractivity contribution is 0.0305. The van der Waals surface area contributed by atoms with Crippen molar-refractivity contribution in [3.63, 3.8) is 0 Å². The van der Waals surface area contributed by atoms with Gasteiger partial charge in [-0.15, -0.1) is 0 Å². The van der Waals surface area contributed by atoms with E-state index in [-0.39, 0.29) is 6.61 Å². The third kappa shape index (κ3) is 5.39. The van der Waals surface area contributed by atoms with Gasteiger partial charge in [0.15, 0.2) is 0 Å². The molecule has 4 heteroatoms. The minimum atomic E-state index is 0.285. The number of anilines is 1. The quantitative estimate of drug-likeness (QED) is 0.782. The molecular formula is C25H35N3O. The number of aliphatic hydroxyl groups is 1. The van der Waals surface area contributed by atoms with E-state index in [1.807, 2.05) is 0 Å². The van der Waals surface area contributed by atoms with Gasteiger partial charge in [-0.25, -0.2) is 0 Å². The summed E-state index contributed by atoms with van der Waals surface area (Å²) in [6, 6.07) is 22.7. The number of aliphatic hydroxyl groups excluding tert-OH is 1. The average molecular weight is 394 g/mol. The smallest absolute Gasteiger partial charge is 0.0446 e. The standard InChI is InChI=1S/C25H35N3O/c29-20-14-25-21-28(19-18-27(25)15-11-22-7-3-1-4-8-22)24-12-16-26(17-13-24)23-9-5-2-6-10-23/h1-10,24-25,29H,11-21H2. The summed E-state index contributed by atoms with van der Waals surface area (Å²) in [7, 11) is 0. The highest BCUT2D eigenvalue weighted by Gasteiger charge is 2.32. The van der Waals surface area contributed by atoms with Crippen LogP contribution < -0.4 is 4.90 Å². The summed E-state index contributed by atoms with van der Waals surface area (Å²) in [4.78, 5) is 7.85. The van der Waals surface area contributed by atoms with Crippen LogP contribution in [0.15, 0.2) is 60.7 Å².